The molecule has 0 amide bonds. The predicted molar refractivity (Wildman–Crippen MR) is 57.4 cm³/mol. The summed E-state index contributed by atoms with van der Waals surface area (Å²) in [6.45, 7) is 4.00. The summed E-state index contributed by atoms with van der Waals surface area (Å²) in [5.74, 6) is 0.596. The van der Waals surface area contributed by atoms with Crippen molar-refractivity contribution in [3.63, 3.8) is 0 Å². The Morgan fingerprint density at radius 1 is 1.14 bits per heavy atom. The zero-order valence-corrected chi connectivity index (χ0v) is 9.89. The van der Waals surface area contributed by atoms with Crippen LogP contribution in [0.25, 0.3) is 0 Å². The van der Waals surface area contributed by atoms with Crippen LogP contribution in [-0.4, -0.2) is 15.5 Å². The molecule has 0 N–H and O–H groups in total. The van der Waals surface area contributed by atoms with Crippen LogP contribution in [0.15, 0.2) is 29.2 Å². The van der Waals surface area contributed by atoms with Crippen LogP contribution in [0.2, 0.25) is 0 Å². The maximum absolute atomic E-state index is 10.8. The van der Waals surface area contributed by atoms with Crippen LogP contribution in [0, 0.1) is 0 Å². The second kappa shape index (κ2) is 5.88. The van der Waals surface area contributed by atoms with E-state index in [0.717, 1.165) is 0 Å². The van der Waals surface area contributed by atoms with Gasteiger partial charge in [-0.05, 0) is 24.3 Å². The van der Waals surface area contributed by atoms with Crippen molar-refractivity contribution >= 4 is 19.7 Å². The Balaban J connectivity index is 0.000000791. The van der Waals surface area contributed by atoms with E-state index in [-0.39, 0.29) is 4.90 Å². The molecule has 3 nitrogen and oxygen atoms in total. The van der Waals surface area contributed by atoms with Gasteiger partial charge >= 0.3 is 0 Å². The highest BCUT2D eigenvalue weighted by atomic mass is 35.7. The highest BCUT2D eigenvalue weighted by molar-refractivity contribution is 8.13. The number of benzene rings is 1. The Bertz CT molecular complexity index is 356. The van der Waals surface area contributed by atoms with Gasteiger partial charge in [-0.15, -0.1) is 0 Å². The van der Waals surface area contributed by atoms with E-state index in [1.807, 2.05) is 13.8 Å². The van der Waals surface area contributed by atoms with Crippen molar-refractivity contribution in [2.75, 3.05) is 7.11 Å². The Labute approximate surface area is 89.1 Å². The van der Waals surface area contributed by atoms with Crippen molar-refractivity contribution in [3.05, 3.63) is 24.3 Å². The van der Waals surface area contributed by atoms with Crippen LogP contribution in [-0.2, 0) is 9.05 Å². The molecule has 0 radical (unpaired) electrons. The van der Waals surface area contributed by atoms with Crippen molar-refractivity contribution in [1.29, 1.82) is 0 Å². The van der Waals surface area contributed by atoms with Gasteiger partial charge in [0.25, 0.3) is 9.05 Å². The van der Waals surface area contributed by atoms with E-state index in [1.165, 1.54) is 31.4 Å². The molecule has 0 aliphatic heterocycles. The molecule has 14 heavy (non-hydrogen) atoms. The predicted octanol–water partition coefficient (Wildman–Crippen LogP) is 2.65. The fourth-order valence-electron chi connectivity index (χ4n) is 0.738. The summed E-state index contributed by atoms with van der Waals surface area (Å²) in [5.41, 5.74) is 0. The standard InChI is InChI=1S/C7H7ClO3S.C2H6/c1-11-6-2-4-7(5-3-6)12(8,9)10;1-2/h2-5H,1H3;1-2H3. The quantitative estimate of drug-likeness (QED) is 0.742. The summed E-state index contributed by atoms with van der Waals surface area (Å²) in [6, 6.07) is 5.85. The van der Waals surface area contributed by atoms with Gasteiger partial charge in [-0.3, -0.25) is 0 Å². The fraction of sp³-hybridized carbons (Fsp3) is 0.333. The molecule has 1 aromatic carbocycles. The SMILES string of the molecule is CC.COc1ccc(S(=O)(=O)Cl)cc1. The van der Waals surface area contributed by atoms with Gasteiger partial charge in [-0.1, -0.05) is 13.8 Å². The second-order valence-electron chi connectivity index (χ2n) is 2.11. The number of halogens is 1. The minimum Gasteiger partial charge on any atom is -0.497 e. The van der Waals surface area contributed by atoms with Crippen LogP contribution in [0.1, 0.15) is 13.8 Å². The zero-order chi connectivity index (χ0) is 11.2. The molecule has 80 valence electrons. The summed E-state index contributed by atoms with van der Waals surface area (Å²) < 4.78 is 26.4. The second-order valence-corrected chi connectivity index (χ2v) is 4.68. The lowest BCUT2D eigenvalue weighted by molar-refractivity contribution is 0.414. The van der Waals surface area contributed by atoms with Crippen LogP contribution < -0.4 is 4.74 Å². The largest absolute Gasteiger partial charge is 0.497 e. The summed E-state index contributed by atoms with van der Waals surface area (Å²) in [4.78, 5) is 0.0740. The van der Waals surface area contributed by atoms with Crippen molar-refractivity contribution in [1.82, 2.24) is 0 Å². The molecule has 0 aromatic heterocycles. The molecule has 0 atom stereocenters. The molecular formula is C9H13ClO3S. The van der Waals surface area contributed by atoms with Gasteiger partial charge in [0.2, 0.25) is 0 Å². The van der Waals surface area contributed by atoms with Crippen molar-refractivity contribution in [3.8, 4) is 5.75 Å². The van der Waals surface area contributed by atoms with Gasteiger partial charge in [0.1, 0.15) is 5.75 Å². The number of rotatable bonds is 2. The van der Waals surface area contributed by atoms with Crippen LogP contribution >= 0.6 is 10.7 Å². The highest BCUT2D eigenvalue weighted by Crippen LogP contribution is 2.18. The van der Waals surface area contributed by atoms with E-state index in [9.17, 15) is 8.42 Å². The van der Waals surface area contributed by atoms with Gasteiger partial charge in [0.05, 0.1) is 12.0 Å². The molecule has 1 aromatic rings. The molecule has 0 unspecified atom stereocenters. The Morgan fingerprint density at radius 3 is 1.86 bits per heavy atom. The summed E-state index contributed by atoms with van der Waals surface area (Å²) in [6.07, 6.45) is 0. The van der Waals surface area contributed by atoms with Crippen molar-refractivity contribution in [2.24, 2.45) is 0 Å². The lowest BCUT2D eigenvalue weighted by Gasteiger charge is -1.99. The van der Waals surface area contributed by atoms with E-state index in [0.29, 0.717) is 5.75 Å². The third-order valence-corrected chi connectivity index (χ3v) is 2.71. The van der Waals surface area contributed by atoms with Gasteiger partial charge in [-0.25, -0.2) is 8.42 Å². The van der Waals surface area contributed by atoms with E-state index < -0.39 is 9.05 Å². The summed E-state index contributed by atoms with van der Waals surface area (Å²) >= 11 is 0. The van der Waals surface area contributed by atoms with Gasteiger partial charge in [-0.2, -0.15) is 0 Å². The lowest BCUT2D eigenvalue weighted by Crippen LogP contribution is -1.90. The molecule has 0 saturated heterocycles. The molecule has 0 aliphatic rings. The summed E-state index contributed by atoms with van der Waals surface area (Å²) in [5, 5.41) is 0. The zero-order valence-electron chi connectivity index (χ0n) is 8.32. The van der Waals surface area contributed by atoms with Crippen molar-refractivity contribution < 1.29 is 13.2 Å². The third kappa shape index (κ3) is 3.98. The van der Waals surface area contributed by atoms with E-state index >= 15 is 0 Å². The average Bonchev–Trinajstić information content (AvgIpc) is 2.20. The minimum absolute atomic E-state index is 0.0740. The molecule has 0 aliphatic carbocycles. The first-order valence-electron chi connectivity index (χ1n) is 4.13. The van der Waals surface area contributed by atoms with Crippen LogP contribution in [0.4, 0.5) is 0 Å². The van der Waals surface area contributed by atoms with Crippen LogP contribution in [0.3, 0.4) is 0 Å². The minimum atomic E-state index is -3.61. The fourth-order valence-corrected chi connectivity index (χ4v) is 1.51. The first-order chi connectivity index (χ1) is 6.54. The normalized spacial score (nSPS) is 10.0. The number of hydrogen-bond acceptors (Lipinski definition) is 3. The number of ether oxygens (including phenoxy) is 1. The first kappa shape index (κ1) is 13.3. The molecule has 5 heteroatoms. The van der Waals surface area contributed by atoms with Gasteiger partial charge < -0.3 is 4.74 Å². The average molecular weight is 237 g/mol. The van der Waals surface area contributed by atoms with Gasteiger partial charge in [0, 0.05) is 10.7 Å². The van der Waals surface area contributed by atoms with Gasteiger partial charge in [0.15, 0.2) is 0 Å². The Hall–Kier alpha value is -0.740. The van der Waals surface area contributed by atoms with E-state index in [2.05, 4.69) is 0 Å². The Morgan fingerprint density at radius 2 is 1.57 bits per heavy atom. The van der Waals surface area contributed by atoms with E-state index in [4.69, 9.17) is 15.4 Å². The molecule has 0 spiro atoms. The topological polar surface area (TPSA) is 43.4 Å². The Kier molecular flexibility index (Phi) is 5.57. The molecule has 0 fully saturated rings. The molecule has 1 rings (SSSR count). The summed E-state index contributed by atoms with van der Waals surface area (Å²) in [7, 11) is 2.98. The first-order valence-corrected chi connectivity index (χ1v) is 6.43. The molecule has 0 bridgehead atoms. The number of hydrogen-bond donors (Lipinski definition) is 0. The monoisotopic (exact) mass is 236 g/mol. The molecule has 0 heterocycles. The van der Waals surface area contributed by atoms with Crippen LogP contribution in [0.5, 0.6) is 5.75 Å². The number of methoxy groups -OCH3 is 1. The maximum atomic E-state index is 10.8. The third-order valence-electron chi connectivity index (χ3n) is 1.34. The van der Waals surface area contributed by atoms with E-state index in [1.54, 1.807) is 0 Å². The maximum Gasteiger partial charge on any atom is 0.261 e. The molecule has 0 saturated carbocycles. The van der Waals surface area contributed by atoms with Crippen molar-refractivity contribution in [2.45, 2.75) is 18.7 Å². The smallest absolute Gasteiger partial charge is 0.261 e. The lowest BCUT2D eigenvalue weighted by atomic mass is 10.3. The molecular weight excluding hydrogens is 224 g/mol. The highest BCUT2D eigenvalue weighted by Gasteiger charge is 2.08.